The van der Waals surface area contributed by atoms with Crippen LogP contribution in [0.5, 0.6) is 5.75 Å². The summed E-state index contributed by atoms with van der Waals surface area (Å²) in [4.78, 5) is 39.6. The third-order valence-electron chi connectivity index (χ3n) is 7.72. The maximum Gasteiger partial charge on any atom is 0.416 e. The van der Waals surface area contributed by atoms with Gasteiger partial charge >= 0.3 is 24.4 Å². The Kier molecular flexibility index (Phi) is 11.2. The summed E-state index contributed by atoms with van der Waals surface area (Å²) in [6.45, 7) is 5.31. The van der Waals surface area contributed by atoms with Crippen molar-refractivity contribution in [3.8, 4) is 5.75 Å². The third-order valence-corrected chi connectivity index (χ3v) is 7.72. The van der Waals surface area contributed by atoms with Crippen LogP contribution in [0, 0.1) is 0 Å². The number of hydrogen-bond acceptors (Lipinski definition) is 9. The number of carbonyl (C=O) groups is 2. The first-order chi connectivity index (χ1) is 22.6. The number of carbonyl (C=O) groups excluding carboxylic acids is 2. The molecule has 0 fully saturated rings. The molecule has 0 spiro atoms. The van der Waals surface area contributed by atoms with Crippen LogP contribution in [0.1, 0.15) is 86.3 Å². The second-order valence-electron chi connectivity index (χ2n) is 11.0. The summed E-state index contributed by atoms with van der Waals surface area (Å²) in [5.41, 5.74) is 2.92. The van der Waals surface area contributed by atoms with E-state index in [1.165, 1.54) is 17.3 Å². The van der Waals surface area contributed by atoms with E-state index in [9.17, 15) is 35.9 Å². The number of hydrogen-bond donors (Lipinski definition) is 1. The van der Waals surface area contributed by atoms with Crippen LogP contribution in [-0.2, 0) is 33.0 Å². The van der Waals surface area contributed by atoms with Gasteiger partial charge in [-0.3, -0.25) is 14.7 Å². The van der Waals surface area contributed by atoms with Gasteiger partial charge in [0, 0.05) is 19.0 Å². The van der Waals surface area contributed by atoms with E-state index < -0.39 is 53.5 Å². The zero-order valence-corrected chi connectivity index (χ0v) is 26.5. The van der Waals surface area contributed by atoms with E-state index in [-0.39, 0.29) is 74.4 Å². The topological polar surface area (TPSA) is 130 Å². The molecule has 0 saturated heterocycles. The van der Waals surface area contributed by atoms with Crippen LogP contribution < -0.4 is 15.4 Å². The molecule has 1 aliphatic rings. The van der Waals surface area contributed by atoms with Crippen molar-refractivity contribution in [3.63, 3.8) is 0 Å². The van der Waals surface area contributed by atoms with Crippen LogP contribution in [0.4, 0.5) is 36.8 Å². The third kappa shape index (κ3) is 8.32. The van der Waals surface area contributed by atoms with Crippen molar-refractivity contribution in [2.24, 2.45) is 5.73 Å². The number of ether oxygens (including phenoxy) is 3. The number of benzene rings is 1. The van der Waals surface area contributed by atoms with Gasteiger partial charge in [-0.25, -0.2) is 14.8 Å². The molecule has 0 unspecified atom stereocenters. The highest BCUT2D eigenvalue weighted by Crippen LogP contribution is 2.45. The summed E-state index contributed by atoms with van der Waals surface area (Å²) in [6, 6.07) is 4.53. The molecule has 16 heteroatoms. The lowest BCUT2D eigenvalue weighted by molar-refractivity contribution is -0.144. The van der Waals surface area contributed by atoms with Crippen molar-refractivity contribution in [1.82, 2.24) is 15.0 Å². The summed E-state index contributed by atoms with van der Waals surface area (Å²) in [5.74, 6) is -1.09. The van der Waals surface area contributed by atoms with Gasteiger partial charge < -0.3 is 19.9 Å². The Morgan fingerprint density at radius 3 is 2.27 bits per heavy atom. The molecule has 0 saturated carbocycles. The van der Waals surface area contributed by atoms with E-state index in [4.69, 9.17) is 19.9 Å². The van der Waals surface area contributed by atoms with Gasteiger partial charge in [-0.2, -0.15) is 26.3 Å². The van der Waals surface area contributed by atoms with E-state index in [1.54, 1.807) is 32.9 Å². The Bertz CT molecular complexity index is 1590. The van der Waals surface area contributed by atoms with Gasteiger partial charge in [0.05, 0.1) is 60.1 Å². The molecular weight excluding hydrogens is 648 g/mol. The van der Waals surface area contributed by atoms with E-state index in [0.717, 1.165) is 0 Å². The predicted octanol–water partition coefficient (Wildman–Crippen LogP) is 6.79. The van der Waals surface area contributed by atoms with Gasteiger partial charge in [-0.15, -0.1) is 0 Å². The van der Waals surface area contributed by atoms with E-state index >= 15 is 0 Å². The number of alkyl halides is 6. The second kappa shape index (κ2) is 14.7. The minimum Gasteiger partial charge on any atom is -0.490 e. The SMILES string of the molecule is CCOC(=O)CCCOc1cnc([C@H]2C[C@@](N)(CC)N(C(=O)OCC)c3cccnc32)nc1Cc1cc(C(F)(F)F)cc(C(F)(F)F)c1. The Morgan fingerprint density at radius 1 is 1.00 bits per heavy atom. The number of rotatable bonds is 11. The molecule has 0 aliphatic carbocycles. The summed E-state index contributed by atoms with van der Waals surface area (Å²) in [5, 5.41) is 0. The Hall–Kier alpha value is -4.47. The molecule has 1 aromatic carbocycles. The minimum absolute atomic E-state index is 0.00622. The van der Waals surface area contributed by atoms with Gasteiger partial charge in [0.25, 0.3) is 0 Å². The first-order valence-corrected chi connectivity index (χ1v) is 15.2. The normalized spacial score (nSPS) is 17.9. The lowest BCUT2D eigenvalue weighted by atomic mass is 9.83. The molecule has 1 amide bonds. The molecule has 1 aliphatic heterocycles. The molecule has 2 aromatic heterocycles. The number of aromatic nitrogens is 3. The predicted molar refractivity (Wildman–Crippen MR) is 160 cm³/mol. The van der Waals surface area contributed by atoms with Crippen molar-refractivity contribution in [2.75, 3.05) is 24.7 Å². The highest BCUT2D eigenvalue weighted by Gasteiger charge is 2.47. The molecule has 3 aromatic rings. The van der Waals surface area contributed by atoms with Gasteiger partial charge in [0.1, 0.15) is 11.5 Å². The molecule has 2 N–H and O–H groups in total. The van der Waals surface area contributed by atoms with E-state index in [0.29, 0.717) is 23.5 Å². The fourth-order valence-corrected chi connectivity index (χ4v) is 5.42. The van der Waals surface area contributed by atoms with Gasteiger partial charge in [0.15, 0.2) is 5.75 Å². The largest absolute Gasteiger partial charge is 0.490 e. The smallest absolute Gasteiger partial charge is 0.416 e. The zero-order valence-electron chi connectivity index (χ0n) is 26.5. The molecule has 4 rings (SSSR count). The number of amides is 1. The van der Waals surface area contributed by atoms with E-state index in [1.807, 2.05) is 0 Å². The van der Waals surface area contributed by atoms with Crippen LogP contribution >= 0.6 is 0 Å². The average Bonchev–Trinajstić information content (AvgIpc) is 3.02. The molecule has 0 radical (unpaired) electrons. The summed E-state index contributed by atoms with van der Waals surface area (Å²) in [6.07, 6.45) is -7.96. The molecule has 260 valence electrons. The monoisotopic (exact) mass is 683 g/mol. The maximum absolute atomic E-state index is 13.7. The highest BCUT2D eigenvalue weighted by atomic mass is 19.4. The molecule has 48 heavy (non-hydrogen) atoms. The first kappa shape index (κ1) is 36.4. The van der Waals surface area contributed by atoms with Crippen LogP contribution in [0.2, 0.25) is 0 Å². The quantitative estimate of drug-likeness (QED) is 0.132. The second-order valence-corrected chi connectivity index (χ2v) is 11.0. The number of nitrogens with two attached hydrogens (primary N) is 1. The Morgan fingerprint density at radius 2 is 1.67 bits per heavy atom. The first-order valence-electron chi connectivity index (χ1n) is 15.2. The van der Waals surface area contributed by atoms with E-state index in [2.05, 4.69) is 15.0 Å². The summed E-state index contributed by atoms with van der Waals surface area (Å²) >= 11 is 0. The van der Waals surface area contributed by atoms with Crippen molar-refractivity contribution in [1.29, 1.82) is 0 Å². The molecule has 2 atom stereocenters. The molecule has 3 heterocycles. The van der Waals surface area contributed by atoms with Crippen LogP contribution in [-0.4, -0.2) is 52.5 Å². The lowest BCUT2D eigenvalue weighted by Crippen LogP contribution is -2.61. The fraction of sp³-hybridized carbons (Fsp3) is 0.469. The van der Waals surface area contributed by atoms with Crippen LogP contribution in [0.25, 0.3) is 0 Å². The van der Waals surface area contributed by atoms with Gasteiger partial charge in [-0.1, -0.05) is 6.92 Å². The van der Waals surface area contributed by atoms with Crippen LogP contribution in [0.15, 0.2) is 42.7 Å². The molecule has 0 bridgehead atoms. The fourth-order valence-electron chi connectivity index (χ4n) is 5.42. The molecule has 10 nitrogen and oxygen atoms in total. The lowest BCUT2D eigenvalue weighted by Gasteiger charge is -2.45. The number of nitrogens with zero attached hydrogens (tertiary/aromatic N) is 4. The van der Waals surface area contributed by atoms with Crippen molar-refractivity contribution in [3.05, 3.63) is 76.6 Å². The summed E-state index contributed by atoms with van der Waals surface area (Å²) in [7, 11) is 0. The number of anilines is 1. The van der Waals surface area contributed by atoms with Crippen molar-refractivity contribution in [2.45, 2.75) is 76.8 Å². The highest BCUT2D eigenvalue weighted by molar-refractivity contribution is 5.91. The Labute approximate surface area is 272 Å². The standard InChI is InChI=1S/C32H35F6N5O5/c1-4-30(39)17-22(27-24(9-7-11-40-27)43(30)29(45)47-6-3)28-41-18-25(48-12-8-10-26(44)46-5-2)23(42-28)15-19-13-20(31(33,34)35)16-21(14-19)32(36,37)38/h7,9,11,13-14,16,18,22H,4-6,8,10,12,15,17,39H2,1-3H3/t22-,30+/m0/s1. The van der Waals surface area contributed by atoms with Gasteiger partial charge in [-0.05, 0) is 69.0 Å². The van der Waals surface area contributed by atoms with Crippen molar-refractivity contribution >= 4 is 17.7 Å². The maximum atomic E-state index is 13.7. The molecular formula is C32H35F6N5O5. The zero-order chi connectivity index (χ0) is 35.3. The van der Waals surface area contributed by atoms with Gasteiger partial charge in [0.2, 0.25) is 0 Å². The number of esters is 1. The Balaban J connectivity index is 1.80. The number of pyridine rings is 1. The van der Waals surface area contributed by atoms with Crippen molar-refractivity contribution < 1.29 is 50.1 Å². The summed E-state index contributed by atoms with van der Waals surface area (Å²) < 4.78 is 97.9. The minimum atomic E-state index is -5.05. The number of halogens is 6. The van der Waals surface area contributed by atoms with Crippen LogP contribution in [0.3, 0.4) is 0 Å². The number of fused-ring (bicyclic) bond motifs is 1. The average molecular weight is 684 g/mol.